The molecule has 0 radical (unpaired) electrons. The van der Waals surface area contributed by atoms with E-state index in [1.54, 1.807) is 12.4 Å². The maximum atomic E-state index is 12.4. The van der Waals surface area contributed by atoms with Gasteiger partial charge in [0.15, 0.2) is 0 Å². The van der Waals surface area contributed by atoms with Crippen LogP contribution < -0.4 is 11.1 Å². The highest BCUT2D eigenvalue weighted by Gasteiger charge is 2.26. The van der Waals surface area contributed by atoms with Crippen LogP contribution in [0.1, 0.15) is 52.5 Å². The van der Waals surface area contributed by atoms with Gasteiger partial charge in [-0.1, -0.05) is 6.07 Å². The Balaban J connectivity index is 1.48. The van der Waals surface area contributed by atoms with Crippen LogP contribution in [0.3, 0.4) is 0 Å². The molecule has 2 aliphatic carbocycles. The number of anilines is 1. The number of nitrogens with two attached hydrogens (primary N) is 1. The third kappa shape index (κ3) is 3.10. The highest BCUT2D eigenvalue weighted by atomic mass is 16.1. The van der Waals surface area contributed by atoms with Gasteiger partial charge in [0.1, 0.15) is 5.82 Å². The molecule has 0 saturated heterocycles. The van der Waals surface area contributed by atoms with E-state index in [0.717, 1.165) is 25.1 Å². The number of nitrogens with one attached hydrogen (secondary N) is 1. The van der Waals surface area contributed by atoms with Crippen LogP contribution >= 0.6 is 0 Å². The first kappa shape index (κ1) is 14.3. The summed E-state index contributed by atoms with van der Waals surface area (Å²) < 4.78 is 0. The predicted octanol–water partition coefficient (Wildman–Crippen LogP) is 2.42. The standard InChI is InChI=1S/C18H20N4O/c19-15-6-5-12-7-14(4-3-13(12)8-15)18(23)22-16-9-20-17(21-10-16)11-1-2-11/h3-4,7,9-11,15H,1-2,5-6,8,19H2,(H,22,23). The first-order valence-electron chi connectivity index (χ1n) is 8.20. The minimum atomic E-state index is -0.120. The van der Waals surface area contributed by atoms with E-state index in [2.05, 4.69) is 15.3 Å². The maximum absolute atomic E-state index is 12.4. The summed E-state index contributed by atoms with van der Waals surface area (Å²) in [4.78, 5) is 21.1. The highest BCUT2D eigenvalue weighted by molar-refractivity contribution is 6.04. The van der Waals surface area contributed by atoms with Gasteiger partial charge in [0.05, 0.1) is 18.1 Å². The second-order valence-electron chi connectivity index (χ2n) is 6.54. The molecule has 0 bridgehead atoms. The van der Waals surface area contributed by atoms with E-state index in [1.807, 2.05) is 18.2 Å². The van der Waals surface area contributed by atoms with E-state index in [9.17, 15) is 4.79 Å². The Morgan fingerprint density at radius 3 is 2.65 bits per heavy atom. The molecule has 1 unspecified atom stereocenters. The van der Waals surface area contributed by atoms with Crippen LogP contribution in [0.4, 0.5) is 5.69 Å². The third-order valence-corrected chi connectivity index (χ3v) is 4.61. The van der Waals surface area contributed by atoms with E-state index in [4.69, 9.17) is 5.73 Å². The number of benzene rings is 1. The first-order valence-corrected chi connectivity index (χ1v) is 8.20. The minimum absolute atomic E-state index is 0.120. The number of carbonyl (C=O) groups is 1. The van der Waals surface area contributed by atoms with Crippen molar-refractivity contribution in [3.05, 3.63) is 53.1 Å². The van der Waals surface area contributed by atoms with Crippen LogP contribution in [-0.4, -0.2) is 21.9 Å². The zero-order chi connectivity index (χ0) is 15.8. The quantitative estimate of drug-likeness (QED) is 0.912. The summed E-state index contributed by atoms with van der Waals surface area (Å²) in [5.41, 5.74) is 9.80. The topological polar surface area (TPSA) is 80.9 Å². The van der Waals surface area contributed by atoms with Gasteiger partial charge in [-0.15, -0.1) is 0 Å². The first-order chi connectivity index (χ1) is 11.2. The van der Waals surface area contributed by atoms with Gasteiger partial charge in [-0.2, -0.15) is 0 Å². The van der Waals surface area contributed by atoms with Gasteiger partial charge in [0.25, 0.3) is 5.91 Å². The number of aromatic nitrogens is 2. The fourth-order valence-corrected chi connectivity index (χ4v) is 3.08. The van der Waals surface area contributed by atoms with Crippen LogP contribution in [0, 0.1) is 0 Å². The molecule has 4 rings (SSSR count). The van der Waals surface area contributed by atoms with Gasteiger partial charge in [-0.25, -0.2) is 9.97 Å². The largest absolute Gasteiger partial charge is 0.327 e. The summed E-state index contributed by atoms with van der Waals surface area (Å²) in [5.74, 6) is 1.28. The van der Waals surface area contributed by atoms with Crippen molar-refractivity contribution in [2.24, 2.45) is 5.73 Å². The Labute approximate surface area is 135 Å². The molecule has 2 aromatic rings. The fourth-order valence-electron chi connectivity index (χ4n) is 3.08. The molecule has 1 amide bonds. The molecule has 118 valence electrons. The average Bonchev–Trinajstić information content (AvgIpc) is 3.40. The molecule has 5 heteroatoms. The Morgan fingerprint density at radius 1 is 1.13 bits per heavy atom. The van der Waals surface area contributed by atoms with Crippen molar-refractivity contribution in [2.45, 2.75) is 44.1 Å². The van der Waals surface area contributed by atoms with Crippen LogP contribution in [0.15, 0.2) is 30.6 Å². The fraction of sp³-hybridized carbons (Fsp3) is 0.389. The maximum Gasteiger partial charge on any atom is 0.255 e. The molecule has 1 saturated carbocycles. The van der Waals surface area contributed by atoms with E-state index in [1.165, 1.54) is 24.0 Å². The molecule has 1 fully saturated rings. The number of fused-ring (bicyclic) bond motifs is 1. The predicted molar refractivity (Wildman–Crippen MR) is 88.4 cm³/mol. The Morgan fingerprint density at radius 2 is 1.91 bits per heavy atom. The van der Waals surface area contributed by atoms with Crippen molar-refractivity contribution >= 4 is 11.6 Å². The van der Waals surface area contributed by atoms with Gasteiger partial charge >= 0.3 is 0 Å². The van der Waals surface area contributed by atoms with Gasteiger partial charge < -0.3 is 11.1 Å². The van der Waals surface area contributed by atoms with E-state index >= 15 is 0 Å². The SMILES string of the molecule is NC1CCc2cc(C(=O)Nc3cnc(C4CC4)nc3)ccc2C1. The summed E-state index contributed by atoms with van der Waals surface area (Å²) in [6.45, 7) is 0. The summed E-state index contributed by atoms with van der Waals surface area (Å²) >= 11 is 0. The van der Waals surface area contributed by atoms with Crippen LogP contribution in [-0.2, 0) is 12.8 Å². The smallest absolute Gasteiger partial charge is 0.255 e. The molecule has 0 spiro atoms. The number of nitrogens with zero attached hydrogens (tertiary/aromatic N) is 2. The molecule has 3 N–H and O–H groups in total. The average molecular weight is 308 g/mol. The molecule has 1 aromatic heterocycles. The lowest BCUT2D eigenvalue weighted by atomic mass is 9.87. The normalized spacial score (nSPS) is 20.0. The Hall–Kier alpha value is -2.27. The second kappa shape index (κ2) is 5.74. The van der Waals surface area contributed by atoms with Crippen molar-refractivity contribution in [3.63, 3.8) is 0 Å². The lowest BCUT2D eigenvalue weighted by molar-refractivity contribution is 0.102. The Kier molecular flexibility index (Phi) is 3.58. The van der Waals surface area contributed by atoms with E-state index in [0.29, 0.717) is 17.2 Å². The minimum Gasteiger partial charge on any atom is -0.327 e. The summed E-state index contributed by atoms with van der Waals surface area (Å²) in [7, 11) is 0. The van der Waals surface area contributed by atoms with Crippen molar-refractivity contribution in [2.75, 3.05) is 5.32 Å². The number of hydrogen-bond acceptors (Lipinski definition) is 4. The number of carbonyl (C=O) groups excluding carboxylic acids is 1. The number of amides is 1. The number of aryl methyl sites for hydroxylation is 1. The molecule has 1 atom stereocenters. The molecule has 1 aromatic carbocycles. The summed E-state index contributed by atoms with van der Waals surface area (Å²) in [6.07, 6.45) is 8.54. The van der Waals surface area contributed by atoms with Gasteiger partial charge in [-0.05, 0) is 55.4 Å². The lowest BCUT2D eigenvalue weighted by Crippen LogP contribution is -2.28. The van der Waals surface area contributed by atoms with Crippen molar-refractivity contribution in [3.8, 4) is 0 Å². The molecule has 0 aliphatic heterocycles. The van der Waals surface area contributed by atoms with Crippen molar-refractivity contribution < 1.29 is 4.79 Å². The summed E-state index contributed by atoms with van der Waals surface area (Å²) in [6, 6.07) is 6.11. The zero-order valence-electron chi connectivity index (χ0n) is 13.0. The van der Waals surface area contributed by atoms with E-state index < -0.39 is 0 Å². The lowest BCUT2D eigenvalue weighted by Gasteiger charge is -2.21. The van der Waals surface area contributed by atoms with Crippen molar-refractivity contribution in [1.29, 1.82) is 0 Å². The highest BCUT2D eigenvalue weighted by Crippen LogP contribution is 2.37. The van der Waals surface area contributed by atoms with Crippen molar-refractivity contribution in [1.82, 2.24) is 9.97 Å². The second-order valence-corrected chi connectivity index (χ2v) is 6.54. The monoisotopic (exact) mass is 308 g/mol. The third-order valence-electron chi connectivity index (χ3n) is 4.61. The molecule has 1 heterocycles. The number of hydrogen-bond donors (Lipinski definition) is 2. The zero-order valence-corrected chi connectivity index (χ0v) is 13.0. The van der Waals surface area contributed by atoms with Gasteiger partial charge in [0, 0.05) is 17.5 Å². The van der Waals surface area contributed by atoms with Crippen LogP contribution in [0.5, 0.6) is 0 Å². The molecular formula is C18H20N4O. The molecule has 23 heavy (non-hydrogen) atoms. The van der Waals surface area contributed by atoms with Crippen LogP contribution in [0.25, 0.3) is 0 Å². The van der Waals surface area contributed by atoms with Gasteiger partial charge in [-0.3, -0.25) is 4.79 Å². The van der Waals surface area contributed by atoms with Crippen LogP contribution in [0.2, 0.25) is 0 Å². The molecular weight excluding hydrogens is 288 g/mol. The summed E-state index contributed by atoms with van der Waals surface area (Å²) in [5, 5.41) is 2.87. The Bertz CT molecular complexity index is 737. The van der Waals surface area contributed by atoms with Gasteiger partial charge in [0.2, 0.25) is 0 Å². The molecule has 5 nitrogen and oxygen atoms in total. The van der Waals surface area contributed by atoms with E-state index in [-0.39, 0.29) is 11.9 Å². The number of rotatable bonds is 3. The molecule has 2 aliphatic rings.